The third-order valence-corrected chi connectivity index (χ3v) is 5.87. The second-order valence-corrected chi connectivity index (χ2v) is 8.36. The van der Waals surface area contributed by atoms with Crippen molar-refractivity contribution in [3.63, 3.8) is 0 Å². The summed E-state index contributed by atoms with van der Waals surface area (Å²) in [6, 6.07) is 11.2. The first-order chi connectivity index (χ1) is 15.3. The number of benzene rings is 2. The van der Waals surface area contributed by atoms with Crippen LogP contribution >= 0.6 is 11.8 Å². The van der Waals surface area contributed by atoms with Gasteiger partial charge in [0.15, 0.2) is 11.0 Å². The molecule has 7 nitrogen and oxygen atoms in total. The van der Waals surface area contributed by atoms with E-state index >= 15 is 0 Å². The molecule has 2 amide bonds. The van der Waals surface area contributed by atoms with Gasteiger partial charge in [0.25, 0.3) is 5.91 Å². The topological polar surface area (TPSA) is 88.9 Å². The van der Waals surface area contributed by atoms with Crippen molar-refractivity contribution in [2.45, 2.75) is 45.4 Å². The lowest BCUT2D eigenvalue weighted by atomic mass is 10.1. The molecule has 0 spiro atoms. The summed E-state index contributed by atoms with van der Waals surface area (Å²) in [6.07, 6.45) is 0. The Hall–Kier alpha value is -3.20. The molecule has 2 aromatic carbocycles. The van der Waals surface area contributed by atoms with E-state index in [-0.39, 0.29) is 17.2 Å². The molecule has 0 fully saturated rings. The smallest absolute Gasteiger partial charge is 0.254 e. The van der Waals surface area contributed by atoms with E-state index < -0.39 is 17.8 Å². The lowest BCUT2D eigenvalue weighted by molar-refractivity contribution is -0.113. The van der Waals surface area contributed by atoms with Crippen LogP contribution in [0.25, 0.3) is 0 Å². The molecule has 1 heterocycles. The minimum Gasteiger partial charge on any atom is -0.342 e. The maximum absolute atomic E-state index is 13.9. The van der Waals surface area contributed by atoms with Gasteiger partial charge in [0.1, 0.15) is 5.82 Å². The number of hydrogen-bond donors (Lipinski definition) is 2. The summed E-state index contributed by atoms with van der Waals surface area (Å²) in [4.78, 5) is 24.8. The average Bonchev–Trinajstić information content (AvgIpc) is 3.17. The molecule has 0 aliphatic carbocycles. The summed E-state index contributed by atoms with van der Waals surface area (Å²) in [5, 5.41) is 14.6. The summed E-state index contributed by atoms with van der Waals surface area (Å²) < 4.78 is 15.7. The van der Waals surface area contributed by atoms with Gasteiger partial charge in [0.05, 0.1) is 17.4 Å². The highest BCUT2D eigenvalue weighted by Crippen LogP contribution is 2.22. The van der Waals surface area contributed by atoms with Crippen molar-refractivity contribution in [1.29, 1.82) is 0 Å². The van der Waals surface area contributed by atoms with Crippen molar-refractivity contribution in [2.24, 2.45) is 0 Å². The number of carbonyl (C=O) groups excluding carboxylic acids is 2. The molecule has 0 bridgehead atoms. The zero-order valence-electron chi connectivity index (χ0n) is 18.5. The SMILES string of the molecule is CCn1c(SCC(=O)Nc2ccc(C)cc2C)nnc1[C@@H](C)NC(=O)c1ccccc1F. The van der Waals surface area contributed by atoms with Crippen molar-refractivity contribution in [2.75, 3.05) is 11.1 Å². The fourth-order valence-electron chi connectivity index (χ4n) is 3.28. The summed E-state index contributed by atoms with van der Waals surface area (Å²) in [5.74, 6) is -0.547. The molecule has 0 saturated carbocycles. The summed E-state index contributed by atoms with van der Waals surface area (Å²) >= 11 is 1.27. The van der Waals surface area contributed by atoms with E-state index in [4.69, 9.17) is 0 Å². The standard InChI is InChI=1S/C23H26FN5O2S/c1-5-29-21(16(4)25-22(31)17-8-6-7-9-18(17)24)27-28-23(29)32-13-20(30)26-19-11-10-14(2)12-15(19)3/h6-12,16H,5,13H2,1-4H3,(H,25,31)(H,26,30)/t16-/m1/s1. The molecule has 3 aromatic rings. The second kappa shape index (κ2) is 10.4. The molecule has 0 unspecified atom stereocenters. The Kier molecular flexibility index (Phi) is 7.63. The van der Waals surface area contributed by atoms with Crippen LogP contribution in [0.2, 0.25) is 0 Å². The Morgan fingerprint density at radius 1 is 1.16 bits per heavy atom. The highest BCUT2D eigenvalue weighted by molar-refractivity contribution is 7.99. The number of thioether (sulfide) groups is 1. The van der Waals surface area contributed by atoms with Gasteiger partial charge in [0.2, 0.25) is 5.91 Å². The van der Waals surface area contributed by atoms with Crippen LogP contribution in [0.3, 0.4) is 0 Å². The molecule has 2 N–H and O–H groups in total. The van der Waals surface area contributed by atoms with Gasteiger partial charge in [-0.2, -0.15) is 0 Å². The Labute approximate surface area is 190 Å². The molecule has 0 saturated heterocycles. The molecular weight excluding hydrogens is 429 g/mol. The Bertz CT molecular complexity index is 1130. The van der Waals surface area contributed by atoms with Crippen molar-refractivity contribution < 1.29 is 14.0 Å². The molecule has 0 aliphatic heterocycles. The van der Waals surface area contributed by atoms with E-state index in [9.17, 15) is 14.0 Å². The minimum atomic E-state index is -0.583. The number of anilines is 1. The van der Waals surface area contributed by atoms with E-state index in [0.29, 0.717) is 17.5 Å². The third kappa shape index (κ3) is 5.53. The van der Waals surface area contributed by atoms with Crippen LogP contribution in [-0.4, -0.2) is 32.3 Å². The van der Waals surface area contributed by atoms with Crippen molar-refractivity contribution in [3.8, 4) is 0 Å². The third-order valence-electron chi connectivity index (χ3n) is 4.90. The van der Waals surface area contributed by atoms with Gasteiger partial charge in [-0.05, 0) is 51.5 Å². The largest absolute Gasteiger partial charge is 0.342 e. The molecular formula is C23H26FN5O2S. The first-order valence-electron chi connectivity index (χ1n) is 10.3. The molecule has 32 heavy (non-hydrogen) atoms. The highest BCUT2D eigenvalue weighted by atomic mass is 32.2. The van der Waals surface area contributed by atoms with Crippen LogP contribution in [0, 0.1) is 19.7 Å². The van der Waals surface area contributed by atoms with Crippen LogP contribution in [0.5, 0.6) is 0 Å². The molecule has 1 atom stereocenters. The first kappa shape index (κ1) is 23.5. The zero-order chi connectivity index (χ0) is 23.3. The lowest BCUT2D eigenvalue weighted by Crippen LogP contribution is -2.29. The quantitative estimate of drug-likeness (QED) is 0.495. The van der Waals surface area contributed by atoms with E-state index in [1.807, 2.05) is 43.5 Å². The second-order valence-electron chi connectivity index (χ2n) is 7.42. The van der Waals surface area contributed by atoms with Gasteiger partial charge < -0.3 is 15.2 Å². The van der Waals surface area contributed by atoms with E-state index in [2.05, 4.69) is 20.8 Å². The summed E-state index contributed by atoms with van der Waals surface area (Å²) in [7, 11) is 0. The molecule has 1 aromatic heterocycles. The first-order valence-corrected chi connectivity index (χ1v) is 11.3. The molecule has 0 radical (unpaired) electrons. The Morgan fingerprint density at radius 3 is 2.59 bits per heavy atom. The minimum absolute atomic E-state index is 0.0282. The van der Waals surface area contributed by atoms with Crippen molar-refractivity contribution in [1.82, 2.24) is 20.1 Å². The molecule has 3 rings (SSSR count). The van der Waals surface area contributed by atoms with Gasteiger partial charge in [-0.3, -0.25) is 9.59 Å². The number of nitrogens with zero attached hydrogens (tertiary/aromatic N) is 3. The van der Waals surface area contributed by atoms with Crippen LogP contribution in [0.1, 0.15) is 47.2 Å². The van der Waals surface area contributed by atoms with Crippen LogP contribution in [0.4, 0.5) is 10.1 Å². The fraction of sp³-hybridized carbons (Fsp3) is 0.304. The number of aromatic nitrogens is 3. The normalized spacial score (nSPS) is 11.8. The summed E-state index contributed by atoms with van der Waals surface area (Å²) in [5.41, 5.74) is 2.89. The van der Waals surface area contributed by atoms with Gasteiger partial charge in [-0.15, -0.1) is 10.2 Å². The number of halogens is 1. The number of aryl methyl sites for hydroxylation is 2. The maximum atomic E-state index is 13.9. The Morgan fingerprint density at radius 2 is 1.91 bits per heavy atom. The highest BCUT2D eigenvalue weighted by Gasteiger charge is 2.21. The zero-order valence-corrected chi connectivity index (χ0v) is 19.3. The lowest BCUT2D eigenvalue weighted by Gasteiger charge is -2.15. The molecule has 9 heteroatoms. The number of rotatable bonds is 8. The molecule has 0 aliphatic rings. The van der Waals surface area contributed by atoms with E-state index in [0.717, 1.165) is 16.8 Å². The van der Waals surface area contributed by atoms with Crippen LogP contribution in [0.15, 0.2) is 47.6 Å². The average molecular weight is 456 g/mol. The van der Waals surface area contributed by atoms with Gasteiger partial charge in [0, 0.05) is 12.2 Å². The number of carbonyl (C=O) groups is 2. The van der Waals surface area contributed by atoms with Gasteiger partial charge in [-0.25, -0.2) is 4.39 Å². The van der Waals surface area contributed by atoms with Gasteiger partial charge in [-0.1, -0.05) is 41.6 Å². The predicted molar refractivity (Wildman–Crippen MR) is 123 cm³/mol. The van der Waals surface area contributed by atoms with Crippen molar-refractivity contribution >= 4 is 29.3 Å². The maximum Gasteiger partial charge on any atom is 0.254 e. The number of amides is 2. The van der Waals surface area contributed by atoms with Crippen molar-refractivity contribution in [3.05, 3.63) is 70.8 Å². The number of hydrogen-bond acceptors (Lipinski definition) is 5. The monoisotopic (exact) mass is 455 g/mol. The van der Waals surface area contributed by atoms with E-state index in [1.165, 1.54) is 30.0 Å². The van der Waals surface area contributed by atoms with E-state index in [1.54, 1.807) is 13.0 Å². The van der Waals surface area contributed by atoms with Crippen LogP contribution < -0.4 is 10.6 Å². The van der Waals surface area contributed by atoms with Crippen LogP contribution in [-0.2, 0) is 11.3 Å². The summed E-state index contributed by atoms with van der Waals surface area (Å²) in [6.45, 7) is 8.20. The van der Waals surface area contributed by atoms with Gasteiger partial charge >= 0.3 is 0 Å². The predicted octanol–water partition coefficient (Wildman–Crippen LogP) is 4.28. The Balaban J connectivity index is 1.64. The molecule has 168 valence electrons. The fourth-order valence-corrected chi connectivity index (χ4v) is 4.09. The number of nitrogens with one attached hydrogen (secondary N) is 2.